The Morgan fingerprint density at radius 3 is 2.26 bits per heavy atom. The summed E-state index contributed by atoms with van der Waals surface area (Å²) >= 11 is 0. The van der Waals surface area contributed by atoms with Gasteiger partial charge in [-0.15, -0.1) is 24.8 Å². The molecule has 1 aliphatic rings. The van der Waals surface area contributed by atoms with E-state index in [4.69, 9.17) is 13.9 Å². The maximum absolute atomic E-state index is 13.0. The summed E-state index contributed by atoms with van der Waals surface area (Å²) in [6.07, 6.45) is 0.896. The molecule has 5 rings (SSSR count). The number of methoxy groups -OCH3 is 1. The first-order valence-electron chi connectivity index (χ1n) is 12.5. The third kappa shape index (κ3) is 6.26. The Kier molecular flexibility index (Phi) is 10.5. The van der Waals surface area contributed by atoms with Gasteiger partial charge in [0, 0.05) is 43.9 Å². The molecule has 0 atom stereocenters. The molecule has 0 aliphatic carbocycles. The van der Waals surface area contributed by atoms with Gasteiger partial charge in [-0.2, -0.15) is 0 Å². The molecule has 0 unspecified atom stereocenters. The third-order valence-corrected chi connectivity index (χ3v) is 6.82. The summed E-state index contributed by atoms with van der Waals surface area (Å²) in [6.45, 7) is 7.28. The molecule has 6 nitrogen and oxygen atoms in total. The van der Waals surface area contributed by atoms with Gasteiger partial charge in [-0.25, -0.2) is 0 Å². The summed E-state index contributed by atoms with van der Waals surface area (Å²) in [7, 11) is 1.72. The van der Waals surface area contributed by atoms with Crippen LogP contribution < -0.4 is 19.8 Å². The number of anilines is 1. The van der Waals surface area contributed by atoms with Crippen molar-refractivity contribution in [1.82, 2.24) is 4.90 Å². The number of ether oxygens (including phenoxy) is 2. The van der Waals surface area contributed by atoms with E-state index in [0.717, 1.165) is 56.1 Å². The summed E-state index contributed by atoms with van der Waals surface area (Å²) in [5.41, 5.74) is 3.14. The molecule has 0 radical (unpaired) electrons. The van der Waals surface area contributed by atoms with Crippen LogP contribution in [0.4, 0.5) is 5.69 Å². The number of hydrogen-bond acceptors (Lipinski definition) is 6. The number of piperazine rings is 1. The average molecular weight is 558 g/mol. The summed E-state index contributed by atoms with van der Waals surface area (Å²) in [5.74, 6) is 2.13. The molecule has 4 aromatic rings. The second kappa shape index (κ2) is 13.6. The van der Waals surface area contributed by atoms with Crippen LogP contribution in [0.3, 0.4) is 0 Å². The first-order chi connectivity index (χ1) is 17.7. The van der Waals surface area contributed by atoms with Crippen molar-refractivity contribution in [1.29, 1.82) is 0 Å². The van der Waals surface area contributed by atoms with Crippen LogP contribution in [-0.2, 0) is 0 Å². The molecule has 0 bridgehead atoms. The van der Waals surface area contributed by atoms with Crippen molar-refractivity contribution in [2.45, 2.75) is 13.3 Å². The van der Waals surface area contributed by atoms with Gasteiger partial charge in [0.25, 0.3) is 0 Å². The number of hydrogen-bond donors (Lipinski definition) is 0. The number of fused-ring (bicyclic) bond motifs is 1. The van der Waals surface area contributed by atoms with Crippen LogP contribution >= 0.6 is 24.8 Å². The molecule has 38 heavy (non-hydrogen) atoms. The maximum atomic E-state index is 13.0. The van der Waals surface area contributed by atoms with E-state index < -0.39 is 0 Å². The van der Waals surface area contributed by atoms with E-state index >= 15 is 0 Å². The van der Waals surface area contributed by atoms with E-state index in [9.17, 15) is 4.79 Å². The Morgan fingerprint density at radius 1 is 0.842 bits per heavy atom. The SMILES string of the molecule is COc1ccccc1N1CCN(CCCOc2cccc3c(=O)c(C)c(-c4ccccc4)oc23)CC1.Cl.Cl. The van der Waals surface area contributed by atoms with Gasteiger partial charge in [-0.05, 0) is 37.6 Å². The first-order valence-corrected chi connectivity index (χ1v) is 12.5. The number of benzene rings is 3. The monoisotopic (exact) mass is 556 g/mol. The van der Waals surface area contributed by atoms with E-state index in [1.165, 1.54) is 0 Å². The molecule has 0 N–H and O–H groups in total. The van der Waals surface area contributed by atoms with E-state index in [0.29, 0.717) is 34.6 Å². The summed E-state index contributed by atoms with van der Waals surface area (Å²) in [4.78, 5) is 17.9. The molecule has 3 aromatic carbocycles. The van der Waals surface area contributed by atoms with Gasteiger partial charge in [0.15, 0.2) is 16.8 Å². The van der Waals surface area contributed by atoms with Crippen molar-refractivity contribution >= 4 is 41.5 Å². The van der Waals surface area contributed by atoms with Crippen LogP contribution in [0.1, 0.15) is 12.0 Å². The van der Waals surface area contributed by atoms with E-state index in [-0.39, 0.29) is 30.2 Å². The van der Waals surface area contributed by atoms with Gasteiger partial charge in [-0.3, -0.25) is 9.69 Å². The van der Waals surface area contributed by atoms with Crippen LogP contribution in [0.15, 0.2) is 82.0 Å². The molecule has 2 heterocycles. The second-order valence-electron chi connectivity index (χ2n) is 9.09. The van der Waals surface area contributed by atoms with Crippen molar-refractivity contribution in [2.24, 2.45) is 0 Å². The summed E-state index contributed by atoms with van der Waals surface area (Å²) < 4.78 is 17.9. The van der Waals surface area contributed by atoms with Crippen LogP contribution in [0, 0.1) is 6.92 Å². The Balaban J connectivity index is 0.00000200. The molecule has 0 saturated carbocycles. The fourth-order valence-electron chi connectivity index (χ4n) is 4.84. The third-order valence-electron chi connectivity index (χ3n) is 6.82. The lowest BCUT2D eigenvalue weighted by atomic mass is 10.1. The average Bonchev–Trinajstić information content (AvgIpc) is 2.94. The minimum atomic E-state index is -0.0199. The zero-order chi connectivity index (χ0) is 24.9. The number of para-hydroxylation sites is 3. The fraction of sp³-hybridized carbons (Fsp3) is 0.300. The van der Waals surface area contributed by atoms with Crippen molar-refractivity contribution in [3.63, 3.8) is 0 Å². The first kappa shape index (κ1) is 29.4. The normalized spacial score (nSPS) is 13.5. The van der Waals surface area contributed by atoms with Crippen molar-refractivity contribution < 1.29 is 13.9 Å². The highest BCUT2D eigenvalue weighted by molar-refractivity contribution is 5.86. The molecule has 1 fully saturated rings. The van der Waals surface area contributed by atoms with Gasteiger partial charge in [-0.1, -0.05) is 48.5 Å². The largest absolute Gasteiger partial charge is 0.495 e. The summed E-state index contributed by atoms with van der Waals surface area (Å²) in [5, 5.41) is 0.553. The van der Waals surface area contributed by atoms with Crippen LogP contribution in [0.2, 0.25) is 0 Å². The predicted octanol–water partition coefficient (Wildman–Crippen LogP) is 6.21. The molecule has 0 amide bonds. The topological polar surface area (TPSA) is 55.2 Å². The smallest absolute Gasteiger partial charge is 0.196 e. The second-order valence-corrected chi connectivity index (χ2v) is 9.09. The quantitative estimate of drug-likeness (QED) is 0.240. The molecule has 1 aromatic heterocycles. The van der Waals surface area contributed by atoms with Crippen molar-refractivity contribution in [2.75, 3.05) is 51.3 Å². The minimum absolute atomic E-state index is 0. The van der Waals surface area contributed by atoms with Crippen LogP contribution in [0.5, 0.6) is 11.5 Å². The van der Waals surface area contributed by atoms with E-state index in [1.54, 1.807) is 13.2 Å². The molecular weight excluding hydrogens is 523 g/mol. The lowest BCUT2D eigenvalue weighted by molar-refractivity contribution is 0.224. The molecule has 0 spiro atoms. The Bertz CT molecular complexity index is 1390. The Hall–Kier alpha value is -3.19. The van der Waals surface area contributed by atoms with Gasteiger partial charge in [0.1, 0.15) is 11.5 Å². The van der Waals surface area contributed by atoms with Crippen molar-refractivity contribution in [3.8, 4) is 22.8 Å². The number of halogens is 2. The minimum Gasteiger partial charge on any atom is -0.495 e. The van der Waals surface area contributed by atoms with Crippen LogP contribution in [-0.4, -0.2) is 51.3 Å². The van der Waals surface area contributed by atoms with Gasteiger partial charge >= 0.3 is 0 Å². The van der Waals surface area contributed by atoms with Crippen molar-refractivity contribution in [3.05, 3.63) is 88.6 Å². The molecule has 202 valence electrons. The lowest BCUT2D eigenvalue weighted by Gasteiger charge is -2.36. The fourth-order valence-corrected chi connectivity index (χ4v) is 4.84. The maximum Gasteiger partial charge on any atom is 0.196 e. The Morgan fingerprint density at radius 2 is 1.53 bits per heavy atom. The van der Waals surface area contributed by atoms with Gasteiger partial charge < -0.3 is 18.8 Å². The zero-order valence-corrected chi connectivity index (χ0v) is 23.4. The van der Waals surface area contributed by atoms with E-state index in [2.05, 4.69) is 21.9 Å². The molecule has 8 heteroatoms. The highest BCUT2D eigenvalue weighted by Gasteiger charge is 2.19. The molecule has 1 saturated heterocycles. The standard InChI is InChI=1S/C30H32N2O4.2ClH/c1-22-28(33)24-12-8-15-27(30(24)36-29(22)23-10-4-3-5-11-23)35-21-9-16-31-17-19-32(20-18-31)25-13-6-7-14-26(25)34-2;;/h3-8,10-15H,9,16-21H2,1-2H3;2*1H. The van der Waals surface area contributed by atoms with Crippen LogP contribution in [0.25, 0.3) is 22.3 Å². The van der Waals surface area contributed by atoms with Gasteiger partial charge in [0.05, 0.1) is 24.8 Å². The number of rotatable bonds is 8. The Labute approximate surface area is 236 Å². The highest BCUT2D eigenvalue weighted by Crippen LogP contribution is 2.31. The summed E-state index contributed by atoms with van der Waals surface area (Å²) in [6, 6.07) is 23.5. The highest BCUT2D eigenvalue weighted by atomic mass is 35.5. The van der Waals surface area contributed by atoms with Gasteiger partial charge in [0.2, 0.25) is 0 Å². The predicted molar refractivity (Wildman–Crippen MR) is 159 cm³/mol. The number of nitrogens with zero attached hydrogens (tertiary/aromatic N) is 2. The zero-order valence-electron chi connectivity index (χ0n) is 21.7. The molecular formula is C30H34Cl2N2O4. The lowest BCUT2D eigenvalue weighted by Crippen LogP contribution is -2.46. The molecule has 1 aliphatic heterocycles. The van der Waals surface area contributed by atoms with E-state index in [1.807, 2.05) is 61.5 Å².